The van der Waals surface area contributed by atoms with Gasteiger partial charge in [0.25, 0.3) is 0 Å². The van der Waals surface area contributed by atoms with Gasteiger partial charge in [0.1, 0.15) is 17.9 Å². The summed E-state index contributed by atoms with van der Waals surface area (Å²) >= 11 is 0. The molecule has 0 aliphatic carbocycles. The highest BCUT2D eigenvalue weighted by Crippen LogP contribution is 2.13. The summed E-state index contributed by atoms with van der Waals surface area (Å²) < 4.78 is 10.3. The van der Waals surface area contributed by atoms with E-state index in [1.165, 1.54) is 0 Å². The van der Waals surface area contributed by atoms with Gasteiger partial charge in [-0.25, -0.2) is 9.78 Å². The van der Waals surface area contributed by atoms with Crippen molar-refractivity contribution in [3.63, 3.8) is 0 Å². The first-order valence-corrected chi connectivity index (χ1v) is 5.19. The molecule has 1 aromatic rings. The van der Waals surface area contributed by atoms with E-state index < -0.39 is 11.7 Å². The zero-order valence-corrected chi connectivity index (χ0v) is 10.3. The van der Waals surface area contributed by atoms with Gasteiger partial charge in [0, 0.05) is 0 Å². The monoisotopic (exact) mass is 226 g/mol. The number of rotatable bonds is 2. The third kappa shape index (κ3) is 3.92. The topological polar surface area (TPSA) is 64.4 Å². The first-order valence-electron chi connectivity index (χ1n) is 5.19. The van der Waals surface area contributed by atoms with E-state index in [0.717, 1.165) is 5.69 Å². The highest BCUT2D eigenvalue weighted by molar-refractivity contribution is 5.68. The van der Waals surface area contributed by atoms with Gasteiger partial charge in [0.15, 0.2) is 0 Å². The maximum absolute atomic E-state index is 11.4. The Morgan fingerprint density at radius 2 is 2.19 bits per heavy atom. The van der Waals surface area contributed by atoms with Crippen LogP contribution in [0.5, 0.6) is 0 Å². The van der Waals surface area contributed by atoms with Gasteiger partial charge in [-0.3, -0.25) is 0 Å². The summed E-state index contributed by atoms with van der Waals surface area (Å²) in [7, 11) is 0. The van der Waals surface area contributed by atoms with Crippen molar-refractivity contribution in [2.24, 2.45) is 0 Å². The molecule has 1 amide bonds. The second-order valence-electron chi connectivity index (χ2n) is 4.70. The molecule has 1 aromatic heterocycles. The van der Waals surface area contributed by atoms with Crippen molar-refractivity contribution in [2.75, 3.05) is 0 Å². The molecule has 0 saturated carbocycles. The molecular weight excluding hydrogens is 208 g/mol. The maximum Gasteiger partial charge on any atom is 0.408 e. The normalized spacial score (nSPS) is 13.3. The molecule has 0 spiro atoms. The average molecular weight is 226 g/mol. The molecule has 5 heteroatoms. The zero-order valence-electron chi connectivity index (χ0n) is 10.3. The number of nitrogens with one attached hydrogen (secondary N) is 1. The van der Waals surface area contributed by atoms with Crippen LogP contribution in [0.2, 0.25) is 0 Å². The summed E-state index contributed by atoms with van der Waals surface area (Å²) in [5.74, 6) is 0.475. The highest BCUT2D eigenvalue weighted by atomic mass is 16.6. The van der Waals surface area contributed by atoms with E-state index in [4.69, 9.17) is 9.15 Å². The molecule has 0 aliphatic heterocycles. The van der Waals surface area contributed by atoms with Gasteiger partial charge in [-0.05, 0) is 34.6 Å². The minimum atomic E-state index is -0.504. The number of oxazole rings is 1. The molecule has 1 heterocycles. The predicted octanol–water partition coefficient (Wildman–Crippen LogP) is 2.57. The number of amides is 1. The van der Waals surface area contributed by atoms with Gasteiger partial charge in [-0.2, -0.15) is 0 Å². The lowest BCUT2D eigenvalue weighted by Gasteiger charge is -2.20. The van der Waals surface area contributed by atoms with Crippen LogP contribution in [0.4, 0.5) is 4.79 Å². The van der Waals surface area contributed by atoms with E-state index in [2.05, 4.69) is 10.3 Å². The fourth-order valence-corrected chi connectivity index (χ4v) is 1.12. The molecule has 1 rings (SSSR count). The average Bonchev–Trinajstić information content (AvgIpc) is 2.47. The lowest BCUT2D eigenvalue weighted by Crippen LogP contribution is -2.34. The molecule has 0 saturated heterocycles. The maximum atomic E-state index is 11.4. The zero-order chi connectivity index (χ0) is 12.3. The Balaban J connectivity index is 2.52. The van der Waals surface area contributed by atoms with Crippen LogP contribution in [0.25, 0.3) is 0 Å². The first kappa shape index (κ1) is 12.5. The van der Waals surface area contributed by atoms with E-state index in [0.29, 0.717) is 5.89 Å². The minimum Gasteiger partial charge on any atom is -0.446 e. The van der Waals surface area contributed by atoms with Gasteiger partial charge in [-0.15, -0.1) is 0 Å². The van der Waals surface area contributed by atoms with Gasteiger partial charge < -0.3 is 14.5 Å². The lowest BCUT2D eigenvalue weighted by atomic mass is 10.2. The molecule has 0 fully saturated rings. The Labute approximate surface area is 95.2 Å². The summed E-state index contributed by atoms with van der Waals surface area (Å²) in [5, 5.41) is 2.65. The number of hydrogen-bond acceptors (Lipinski definition) is 4. The number of nitrogens with zero attached hydrogens (tertiary/aromatic N) is 1. The Bertz CT molecular complexity index is 366. The van der Waals surface area contributed by atoms with Crippen LogP contribution >= 0.6 is 0 Å². The SMILES string of the molecule is Cc1coc([C@@H](C)NC(=O)OC(C)(C)C)n1. The number of carbonyl (C=O) groups excluding carboxylic acids is 1. The fraction of sp³-hybridized carbons (Fsp3) is 0.636. The molecule has 0 unspecified atom stereocenters. The molecule has 90 valence electrons. The van der Waals surface area contributed by atoms with Crippen molar-refractivity contribution in [1.82, 2.24) is 10.3 Å². The van der Waals surface area contributed by atoms with Gasteiger partial charge in [0.2, 0.25) is 5.89 Å². The van der Waals surface area contributed by atoms with E-state index >= 15 is 0 Å². The van der Waals surface area contributed by atoms with E-state index in [9.17, 15) is 4.79 Å². The third-order valence-corrected chi connectivity index (χ3v) is 1.74. The Morgan fingerprint density at radius 3 is 2.62 bits per heavy atom. The van der Waals surface area contributed by atoms with Gasteiger partial charge in [-0.1, -0.05) is 0 Å². The minimum absolute atomic E-state index is 0.302. The second kappa shape index (κ2) is 4.55. The number of aromatic nitrogens is 1. The molecule has 0 radical (unpaired) electrons. The fourth-order valence-electron chi connectivity index (χ4n) is 1.12. The summed E-state index contributed by atoms with van der Waals surface area (Å²) in [4.78, 5) is 15.6. The summed E-state index contributed by atoms with van der Waals surface area (Å²) in [6.45, 7) is 9.05. The molecule has 0 bridgehead atoms. The summed E-state index contributed by atoms with van der Waals surface area (Å²) in [6, 6.07) is -0.302. The van der Waals surface area contributed by atoms with Gasteiger partial charge >= 0.3 is 6.09 Å². The quantitative estimate of drug-likeness (QED) is 0.841. The van der Waals surface area contributed by atoms with Gasteiger partial charge in [0.05, 0.1) is 5.69 Å². The van der Waals surface area contributed by atoms with Crippen LogP contribution in [0.15, 0.2) is 10.7 Å². The molecule has 5 nitrogen and oxygen atoms in total. The van der Waals surface area contributed by atoms with Crippen LogP contribution in [0, 0.1) is 6.92 Å². The first-order chi connectivity index (χ1) is 7.28. The number of ether oxygens (including phenoxy) is 1. The molecule has 0 aromatic carbocycles. The van der Waals surface area contributed by atoms with Crippen LogP contribution in [-0.2, 0) is 4.74 Å². The molecule has 16 heavy (non-hydrogen) atoms. The van der Waals surface area contributed by atoms with E-state index in [-0.39, 0.29) is 6.04 Å². The number of carbonyl (C=O) groups is 1. The van der Waals surface area contributed by atoms with E-state index in [1.54, 1.807) is 13.2 Å². The van der Waals surface area contributed by atoms with Crippen molar-refractivity contribution in [1.29, 1.82) is 0 Å². The van der Waals surface area contributed by atoms with Crippen LogP contribution in [0.1, 0.15) is 45.3 Å². The molecule has 0 aliphatic rings. The van der Waals surface area contributed by atoms with Crippen molar-refractivity contribution < 1.29 is 13.9 Å². The second-order valence-corrected chi connectivity index (χ2v) is 4.70. The Morgan fingerprint density at radius 1 is 1.56 bits per heavy atom. The smallest absolute Gasteiger partial charge is 0.408 e. The van der Waals surface area contributed by atoms with Crippen LogP contribution in [0.3, 0.4) is 0 Å². The Kier molecular flexibility index (Phi) is 3.57. The van der Waals surface area contributed by atoms with E-state index in [1.807, 2.05) is 27.7 Å². The van der Waals surface area contributed by atoms with Crippen LogP contribution in [-0.4, -0.2) is 16.7 Å². The lowest BCUT2D eigenvalue weighted by molar-refractivity contribution is 0.0501. The number of alkyl carbamates (subject to hydrolysis) is 1. The molecule has 1 N–H and O–H groups in total. The third-order valence-electron chi connectivity index (χ3n) is 1.74. The molecular formula is C11H18N2O3. The predicted molar refractivity (Wildman–Crippen MR) is 59.0 cm³/mol. The van der Waals surface area contributed by atoms with Crippen molar-refractivity contribution in [3.05, 3.63) is 17.8 Å². The Hall–Kier alpha value is -1.52. The molecule has 1 atom stereocenters. The standard InChI is InChI=1S/C11H18N2O3/c1-7-6-15-9(12-7)8(2)13-10(14)16-11(3,4)5/h6,8H,1-5H3,(H,13,14)/t8-/m1/s1. The van der Waals surface area contributed by atoms with Crippen molar-refractivity contribution in [3.8, 4) is 0 Å². The summed E-state index contributed by atoms with van der Waals surface area (Å²) in [5.41, 5.74) is 0.281. The highest BCUT2D eigenvalue weighted by Gasteiger charge is 2.20. The number of hydrogen-bond donors (Lipinski definition) is 1. The summed E-state index contributed by atoms with van der Waals surface area (Å²) in [6.07, 6.45) is 1.07. The number of aryl methyl sites for hydroxylation is 1. The van der Waals surface area contributed by atoms with Crippen LogP contribution < -0.4 is 5.32 Å². The van der Waals surface area contributed by atoms with Crippen molar-refractivity contribution in [2.45, 2.75) is 46.3 Å². The largest absolute Gasteiger partial charge is 0.446 e. The van der Waals surface area contributed by atoms with Crippen molar-refractivity contribution >= 4 is 6.09 Å².